The Kier molecular flexibility index (Phi) is 1.89. The van der Waals surface area contributed by atoms with Crippen molar-refractivity contribution in [2.75, 3.05) is 0 Å². The van der Waals surface area contributed by atoms with Gasteiger partial charge in [-0.15, -0.1) is 0 Å². The number of hydrogen-bond acceptors (Lipinski definition) is 2. The monoisotopic (exact) mass is 173 g/mol. The van der Waals surface area contributed by atoms with Gasteiger partial charge in [0.05, 0.1) is 0 Å². The van der Waals surface area contributed by atoms with Gasteiger partial charge in [-0.1, -0.05) is 18.2 Å². The Morgan fingerprint density at radius 1 is 1.31 bits per heavy atom. The predicted molar refractivity (Wildman–Crippen MR) is 52.3 cm³/mol. The molecule has 0 atom stereocenters. The summed E-state index contributed by atoms with van der Waals surface area (Å²) in [5, 5.41) is 0. The van der Waals surface area contributed by atoms with E-state index in [4.69, 9.17) is 5.73 Å². The summed E-state index contributed by atoms with van der Waals surface area (Å²) in [6.45, 7) is 0. The largest absolute Gasteiger partial charge is 0.405 e. The maximum Gasteiger partial charge on any atom is 0.163 e. The molecular formula is C11H11NO. The van der Waals surface area contributed by atoms with Gasteiger partial charge >= 0.3 is 0 Å². The molecule has 0 heterocycles. The van der Waals surface area contributed by atoms with Crippen molar-refractivity contribution in [1.82, 2.24) is 0 Å². The molecule has 1 aromatic rings. The summed E-state index contributed by atoms with van der Waals surface area (Å²) in [6.07, 6.45) is 4.88. The molecule has 2 nitrogen and oxygen atoms in total. The number of hydrogen-bond donors (Lipinski definition) is 1. The van der Waals surface area contributed by atoms with Gasteiger partial charge in [0.2, 0.25) is 0 Å². The lowest BCUT2D eigenvalue weighted by Crippen LogP contribution is -1.90. The summed E-state index contributed by atoms with van der Waals surface area (Å²) in [4.78, 5) is 11.3. The molecule has 2 N–H and O–H groups in total. The van der Waals surface area contributed by atoms with E-state index in [1.807, 2.05) is 24.3 Å². The van der Waals surface area contributed by atoms with E-state index in [-0.39, 0.29) is 5.78 Å². The van der Waals surface area contributed by atoms with Gasteiger partial charge in [0.25, 0.3) is 0 Å². The molecule has 0 radical (unpaired) electrons. The lowest BCUT2D eigenvalue weighted by molar-refractivity contribution is 0.0994. The average Bonchev–Trinajstić information content (AvgIpc) is 2.48. The van der Waals surface area contributed by atoms with Crippen LogP contribution >= 0.6 is 0 Å². The second kappa shape index (κ2) is 3.05. The highest BCUT2D eigenvalue weighted by molar-refractivity contribution is 6.00. The number of carbonyl (C=O) groups is 1. The molecule has 0 bridgehead atoms. The minimum atomic E-state index is 0.262. The van der Waals surface area contributed by atoms with Gasteiger partial charge in [0, 0.05) is 12.0 Å². The van der Waals surface area contributed by atoms with E-state index in [1.165, 1.54) is 6.20 Å². The van der Waals surface area contributed by atoms with Crippen molar-refractivity contribution in [3.05, 3.63) is 41.1 Å². The standard InChI is InChI=1S/C11H11NO/c12-6-5-8-1-3-10-9(7-8)2-4-11(10)13/h1,3,5-7H,2,4,12H2/b6-5+. The van der Waals surface area contributed by atoms with Crippen LogP contribution in [-0.2, 0) is 6.42 Å². The van der Waals surface area contributed by atoms with Crippen molar-refractivity contribution < 1.29 is 4.79 Å². The number of ketones is 1. The van der Waals surface area contributed by atoms with Crippen molar-refractivity contribution in [3.63, 3.8) is 0 Å². The Hall–Kier alpha value is -1.57. The van der Waals surface area contributed by atoms with Crippen LogP contribution in [-0.4, -0.2) is 5.78 Å². The predicted octanol–water partition coefficient (Wildman–Crippen LogP) is 1.74. The Bertz CT molecular complexity index is 380. The van der Waals surface area contributed by atoms with Crippen molar-refractivity contribution in [2.45, 2.75) is 12.8 Å². The first-order chi connectivity index (χ1) is 6.31. The van der Waals surface area contributed by atoms with Crippen LogP contribution in [0.2, 0.25) is 0 Å². The lowest BCUT2D eigenvalue weighted by atomic mass is 10.1. The number of aryl methyl sites for hydroxylation is 1. The normalized spacial score (nSPS) is 15.2. The Labute approximate surface area is 77.1 Å². The fourth-order valence-corrected chi connectivity index (χ4v) is 1.69. The topological polar surface area (TPSA) is 43.1 Å². The maximum atomic E-state index is 11.3. The number of fused-ring (bicyclic) bond motifs is 1. The molecule has 2 heteroatoms. The molecule has 0 saturated carbocycles. The van der Waals surface area contributed by atoms with E-state index in [9.17, 15) is 4.79 Å². The van der Waals surface area contributed by atoms with Crippen molar-refractivity contribution in [2.24, 2.45) is 5.73 Å². The third kappa shape index (κ3) is 1.35. The van der Waals surface area contributed by atoms with Gasteiger partial charge in [-0.3, -0.25) is 4.79 Å². The highest BCUT2D eigenvalue weighted by atomic mass is 16.1. The molecule has 0 spiro atoms. The van der Waals surface area contributed by atoms with Crippen molar-refractivity contribution >= 4 is 11.9 Å². The highest BCUT2D eigenvalue weighted by Crippen LogP contribution is 2.23. The van der Waals surface area contributed by atoms with E-state index >= 15 is 0 Å². The van der Waals surface area contributed by atoms with E-state index in [0.29, 0.717) is 6.42 Å². The van der Waals surface area contributed by atoms with Gasteiger partial charge in [-0.25, -0.2) is 0 Å². The molecule has 0 aliphatic heterocycles. The summed E-state index contributed by atoms with van der Waals surface area (Å²) in [6, 6.07) is 5.84. The van der Waals surface area contributed by atoms with Gasteiger partial charge in [-0.05, 0) is 29.8 Å². The maximum absolute atomic E-state index is 11.3. The second-order valence-corrected chi connectivity index (χ2v) is 3.20. The molecule has 1 aliphatic carbocycles. The summed E-state index contributed by atoms with van der Waals surface area (Å²) in [5.41, 5.74) is 8.39. The fraction of sp³-hybridized carbons (Fsp3) is 0.182. The molecule has 2 rings (SSSR count). The Morgan fingerprint density at radius 2 is 2.15 bits per heavy atom. The quantitative estimate of drug-likeness (QED) is 0.703. The first kappa shape index (κ1) is 8.05. The van der Waals surface area contributed by atoms with E-state index in [1.54, 1.807) is 0 Å². The van der Waals surface area contributed by atoms with Crippen LogP contribution in [0.1, 0.15) is 27.9 Å². The van der Waals surface area contributed by atoms with Gasteiger partial charge in [0.1, 0.15) is 0 Å². The van der Waals surface area contributed by atoms with E-state index in [0.717, 1.165) is 23.1 Å². The zero-order valence-electron chi connectivity index (χ0n) is 7.29. The third-order valence-electron chi connectivity index (χ3n) is 2.34. The smallest absolute Gasteiger partial charge is 0.163 e. The molecule has 1 aromatic carbocycles. The fourth-order valence-electron chi connectivity index (χ4n) is 1.69. The SMILES string of the molecule is N/C=C/c1ccc2c(c1)CCC2=O. The number of Topliss-reactive ketones (excluding diaryl/α,β-unsaturated/α-hetero) is 1. The van der Waals surface area contributed by atoms with Gasteiger partial charge in [0.15, 0.2) is 5.78 Å². The Morgan fingerprint density at radius 3 is 2.92 bits per heavy atom. The molecule has 0 aromatic heterocycles. The first-order valence-corrected chi connectivity index (χ1v) is 4.35. The number of rotatable bonds is 1. The zero-order chi connectivity index (χ0) is 9.26. The summed E-state index contributed by atoms with van der Waals surface area (Å²) >= 11 is 0. The minimum Gasteiger partial charge on any atom is -0.405 e. The van der Waals surface area contributed by atoms with Gasteiger partial charge in [-0.2, -0.15) is 0 Å². The van der Waals surface area contributed by atoms with E-state index < -0.39 is 0 Å². The number of benzene rings is 1. The molecule has 0 unspecified atom stereocenters. The summed E-state index contributed by atoms with van der Waals surface area (Å²) in [5.74, 6) is 0.262. The van der Waals surface area contributed by atoms with Crippen LogP contribution in [0.3, 0.4) is 0 Å². The Balaban J connectivity index is 2.45. The van der Waals surface area contributed by atoms with Gasteiger partial charge < -0.3 is 5.73 Å². The molecule has 0 fully saturated rings. The molecular weight excluding hydrogens is 162 g/mol. The first-order valence-electron chi connectivity index (χ1n) is 4.35. The third-order valence-corrected chi connectivity index (χ3v) is 2.34. The second-order valence-electron chi connectivity index (χ2n) is 3.20. The van der Waals surface area contributed by atoms with Crippen LogP contribution in [0.5, 0.6) is 0 Å². The molecule has 0 saturated heterocycles. The average molecular weight is 173 g/mol. The van der Waals surface area contributed by atoms with Crippen molar-refractivity contribution in [1.29, 1.82) is 0 Å². The summed E-state index contributed by atoms with van der Waals surface area (Å²) in [7, 11) is 0. The molecule has 1 aliphatic rings. The van der Waals surface area contributed by atoms with Crippen LogP contribution < -0.4 is 5.73 Å². The highest BCUT2D eigenvalue weighted by Gasteiger charge is 2.18. The van der Waals surface area contributed by atoms with Crippen LogP contribution in [0.4, 0.5) is 0 Å². The van der Waals surface area contributed by atoms with Crippen LogP contribution in [0.15, 0.2) is 24.4 Å². The molecule has 13 heavy (non-hydrogen) atoms. The van der Waals surface area contributed by atoms with E-state index in [2.05, 4.69) is 0 Å². The van der Waals surface area contributed by atoms with Crippen LogP contribution in [0.25, 0.3) is 6.08 Å². The number of nitrogens with two attached hydrogens (primary N) is 1. The summed E-state index contributed by atoms with van der Waals surface area (Å²) < 4.78 is 0. The number of carbonyl (C=O) groups excluding carboxylic acids is 1. The van der Waals surface area contributed by atoms with Crippen LogP contribution in [0, 0.1) is 0 Å². The lowest BCUT2D eigenvalue weighted by Gasteiger charge is -1.98. The van der Waals surface area contributed by atoms with Crippen molar-refractivity contribution in [3.8, 4) is 0 Å². The molecule has 0 amide bonds. The zero-order valence-corrected chi connectivity index (χ0v) is 7.29. The minimum absolute atomic E-state index is 0.262. The molecule has 66 valence electrons.